The lowest BCUT2D eigenvalue weighted by Gasteiger charge is -2.48. The van der Waals surface area contributed by atoms with Crippen molar-refractivity contribution in [2.75, 3.05) is 6.61 Å². The van der Waals surface area contributed by atoms with Crippen molar-refractivity contribution in [1.29, 1.82) is 0 Å². The van der Waals surface area contributed by atoms with Crippen molar-refractivity contribution >= 4 is 33.4 Å². The Bertz CT molecular complexity index is 594. The van der Waals surface area contributed by atoms with E-state index in [-0.39, 0.29) is 24.3 Å². The largest absolute Gasteiger partial charge is 0.444 e. The van der Waals surface area contributed by atoms with Crippen LogP contribution in [-0.4, -0.2) is 36.5 Å². The van der Waals surface area contributed by atoms with Crippen molar-refractivity contribution in [3.8, 4) is 0 Å². The normalized spacial score (nSPS) is 29.0. The number of fused-ring (bicyclic) bond motifs is 1. The van der Waals surface area contributed by atoms with Gasteiger partial charge in [0.1, 0.15) is 5.60 Å². The van der Waals surface area contributed by atoms with Crippen LogP contribution < -0.4 is 10.6 Å². The number of amides is 1. The molecule has 2 N–H and O–H groups in total. The highest BCUT2D eigenvalue weighted by Gasteiger charge is 2.54. The van der Waals surface area contributed by atoms with E-state index >= 15 is 0 Å². The van der Waals surface area contributed by atoms with Gasteiger partial charge in [-0.25, -0.2) is 4.79 Å². The predicted octanol–water partition coefficient (Wildman–Crippen LogP) is 3.59. The van der Waals surface area contributed by atoms with Gasteiger partial charge in [-0.2, -0.15) is 0 Å². The SMILES string of the molecule is Cc1sc(CNC2C(NC(=O)OC(C)(C)C)C3CCOC32)cc1Br. The highest BCUT2D eigenvalue weighted by atomic mass is 79.9. The van der Waals surface area contributed by atoms with Gasteiger partial charge < -0.3 is 20.1 Å². The molecule has 7 heteroatoms. The first-order chi connectivity index (χ1) is 11.2. The Labute approximate surface area is 155 Å². The third-order valence-corrected chi connectivity index (χ3v) is 6.63. The monoisotopic (exact) mass is 416 g/mol. The first-order valence-corrected chi connectivity index (χ1v) is 9.95. The Morgan fingerprint density at radius 1 is 1.46 bits per heavy atom. The molecule has 134 valence electrons. The summed E-state index contributed by atoms with van der Waals surface area (Å²) in [4.78, 5) is 14.7. The number of nitrogens with one attached hydrogen (secondary N) is 2. The number of hydrogen-bond donors (Lipinski definition) is 2. The zero-order valence-corrected chi connectivity index (χ0v) is 16.9. The molecule has 1 saturated carbocycles. The minimum atomic E-state index is -0.483. The summed E-state index contributed by atoms with van der Waals surface area (Å²) in [6.45, 7) is 9.28. The second-order valence-electron chi connectivity index (χ2n) is 7.48. The number of aryl methyl sites for hydroxylation is 1. The van der Waals surface area contributed by atoms with Crippen LogP contribution in [0, 0.1) is 12.8 Å². The topological polar surface area (TPSA) is 59.6 Å². The molecule has 5 nitrogen and oxygen atoms in total. The van der Waals surface area contributed by atoms with Crippen LogP contribution in [0.2, 0.25) is 0 Å². The van der Waals surface area contributed by atoms with Crippen LogP contribution in [-0.2, 0) is 16.0 Å². The second-order valence-corrected chi connectivity index (χ2v) is 9.68. The molecule has 1 aromatic heterocycles. The van der Waals surface area contributed by atoms with E-state index in [0.29, 0.717) is 5.92 Å². The molecule has 2 fully saturated rings. The number of ether oxygens (including phenoxy) is 2. The van der Waals surface area contributed by atoms with E-state index in [4.69, 9.17) is 9.47 Å². The zero-order valence-electron chi connectivity index (χ0n) is 14.5. The molecule has 1 aromatic rings. The highest BCUT2D eigenvalue weighted by molar-refractivity contribution is 9.10. The summed E-state index contributed by atoms with van der Waals surface area (Å²) in [5.41, 5.74) is -0.483. The molecule has 1 saturated heterocycles. The molecule has 0 radical (unpaired) electrons. The van der Waals surface area contributed by atoms with Gasteiger partial charge >= 0.3 is 6.09 Å². The van der Waals surface area contributed by atoms with Crippen LogP contribution in [0.25, 0.3) is 0 Å². The van der Waals surface area contributed by atoms with Crippen LogP contribution in [0.15, 0.2) is 10.5 Å². The Hall–Kier alpha value is -0.630. The summed E-state index contributed by atoms with van der Waals surface area (Å²) in [7, 11) is 0. The number of alkyl carbamates (subject to hydrolysis) is 1. The molecule has 2 heterocycles. The number of thiophene rings is 1. The van der Waals surface area contributed by atoms with Crippen LogP contribution in [0.3, 0.4) is 0 Å². The standard InChI is InChI=1S/C17H25BrN2O3S/c1-9-12(18)7-10(24-9)8-19-14-13(11-5-6-22-15(11)14)20-16(21)23-17(2,3)4/h7,11,13-15,19H,5-6,8H2,1-4H3,(H,20,21). The Balaban J connectivity index is 1.59. The minimum absolute atomic E-state index is 0.0665. The van der Waals surface area contributed by atoms with E-state index < -0.39 is 5.60 Å². The van der Waals surface area contributed by atoms with Crippen molar-refractivity contribution in [1.82, 2.24) is 10.6 Å². The molecule has 1 aliphatic heterocycles. The summed E-state index contributed by atoms with van der Waals surface area (Å²) < 4.78 is 12.4. The predicted molar refractivity (Wildman–Crippen MR) is 98.4 cm³/mol. The zero-order chi connectivity index (χ0) is 17.5. The molecule has 2 aliphatic rings. The first kappa shape index (κ1) is 18.2. The molecular formula is C17H25BrN2O3S. The van der Waals surface area contributed by atoms with E-state index in [9.17, 15) is 4.79 Å². The molecule has 3 rings (SSSR count). The van der Waals surface area contributed by atoms with E-state index in [2.05, 4.69) is 39.6 Å². The van der Waals surface area contributed by atoms with Crippen LogP contribution in [0.1, 0.15) is 36.9 Å². The van der Waals surface area contributed by atoms with Crippen molar-refractivity contribution in [2.45, 2.75) is 64.4 Å². The van der Waals surface area contributed by atoms with E-state index in [1.165, 1.54) is 9.75 Å². The lowest BCUT2D eigenvalue weighted by molar-refractivity contribution is -0.0343. The minimum Gasteiger partial charge on any atom is -0.444 e. The van der Waals surface area contributed by atoms with E-state index in [1.54, 1.807) is 11.3 Å². The Kier molecular flexibility index (Phi) is 5.25. The second kappa shape index (κ2) is 6.94. The molecule has 1 aliphatic carbocycles. The van der Waals surface area contributed by atoms with Gasteiger partial charge in [0.2, 0.25) is 0 Å². The number of carbonyl (C=O) groups excluding carboxylic acids is 1. The van der Waals surface area contributed by atoms with Crippen LogP contribution >= 0.6 is 27.3 Å². The maximum Gasteiger partial charge on any atom is 0.407 e. The number of halogens is 1. The third-order valence-electron chi connectivity index (χ3n) is 4.49. The van der Waals surface area contributed by atoms with Gasteiger partial charge in [-0.1, -0.05) is 0 Å². The lowest BCUT2D eigenvalue weighted by atomic mass is 9.71. The van der Waals surface area contributed by atoms with Gasteiger partial charge in [0.15, 0.2) is 0 Å². The van der Waals surface area contributed by atoms with Gasteiger partial charge in [0.05, 0.1) is 18.2 Å². The Morgan fingerprint density at radius 3 is 2.83 bits per heavy atom. The molecule has 4 unspecified atom stereocenters. The van der Waals surface area contributed by atoms with Crippen molar-refractivity contribution < 1.29 is 14.3 Å². The lowest BCUT2D eigenvalue weighted by Crippen LogP contribution is -2.70. The fourth-order valence-electron chi connectivity index (χ4n) is 3.41. The fraction of sp³-hybridized carbons (Fsp3) is 0.706. The highest BCUT2D eigenvalue weighted by Crippen LogP contribution is 2.39. The molecule has 4 atom stereocenters. The van der Waals surface area contributed by atoms with Crippen molar-refractivity contribution in [3.05, 3.63) is 20.3 Å². The van der Waals surface area contributed by atoms with Gasteiger partial charge in [0.25, 0.3) is 0 Å². The Morgan fingerprint density at radius 2 is 2.21 bits per heavy atom. The molecule has 0 aromatic carbocycles. The number of hydrogen-bond acceptors (Lipinski definition) is 5. The first-order valence-electron chi connectivity index (χ1n) is 8.34. The number of carbonyl (C=O) groups is 1. The summed E-state index contributed by atoms with van der Waals surface area (Å²) >= 11 is 5.33. The molecule has 0 bridgehead atoms. The van der Waals surface area contributed by atoms with Crippen molar-refractivity contribution in [2.24, 2.45) is 5.92 Å². The van der Waals surface area contributed by atoms with E-state index in [0.717, 1.165) is 24.0 Å². The fourth-order valence-corrected chi connectivity index (χ4v) is 4.97. The molecule has 24 heavy (non-hydrogen) atoms. The molecular weight excluding hydrogens is 392 g/mol. The molecule has 0 spiro atoms. The van der Waals surface area contributed by atoms with Gasteiger partial charge in [-0.3, -0.25) is 0 Å². The van der Waals surface area contributed by atoms with E-state index in [1.807, 2.05) is 20.8 Å². The summed E-state index contributed by atoms with van der Waals surface area (Å²) in [6.07, 6.45) is 0.835. The van der Waals surface area contributed by atoms with Crippen LogP contribution in [0.5, 0.6) is 0 Å². The third kappa shape index (κ3) is 3.95. The van der Waals surface area contributed by atoms with Gasteiger partial charge in [0, 0.05) is 33.3 Å². The quantitative estimate of drug-likeness (QED) is 0.786. The summed E-state index contributed by atoms with van der Waals surface area (Å²) in [5.74, 6) is 0.381. The average Bonchev–Trinajstić information content (AvgIpc) is 3.00. The van der Waals surface area contributed by atoms with Gasteiger partial charge in [-0.05, 0) is 56.1 Å². The number of rotatable bonds is 4. The summed E-state index contributed by atoms with van der Waals surface area (Å²) in [6, 6.07) is 2.35. The smallest absolute Gasteiger partial charge is 0.407 e. The van der Waals surface area contributed by atoms with Crippen molar-refractivity contribution in [3.63, 3.8) is 0 Å². The average molecular weight is 417 g/mol. The maximum atomic E-state index is 12.1. The molecule has 1 amide bonds. The maximum absolute atomic E-state index is 12.1. The summed E-state index contributed by atoms with van der Waals surface area (Å²) in [5, 5.41) is 6.60. The van der Waals surface area contributed by atoms with Gasteiger partial charge in [-0.15, -0.1) is 11.3 Å². The van der Waals surface area contributed by atoms with Crippen LogP contribution in [0.4, 0.5) is 4.79 Å².